The van der Waals surface area contributed by atoms with E-state index in [1.165, 1.54) is 0 Å². The van der Waals surface area contributed by atoms with Crippen molar-refractivity contribution < 1.29 is 17.9 Å². The van der Waals surface area contributed by atoms with E-state index in [1.807, 2.05) is 36.9 Å². The zero-order valence-electron chi connectivity index (χ0n) is 21.0. The standard InChI is InChI=1S/C24H28N8O4S2/c1-16(2)22(23(33)31-11-9-30(10-12-31)21-5-3-4-8-26-21)32-14-17(28-29-32)15-36-18-6-7-19-20(13-18)37-24(27-19)38(25,34)35/h3-8,13-14,16,22H,9-12,15H2,1-2H3,(H2,25,34,35)/t22-/m0/s1. The minimum Gasteiger partial charge on any atom is -0.487 e. The fourth-order valence-electron chi connectivity index (χ4n) is 4.36. The van der Waals surface area contributed by atoms with Crippen LogP contribution < -0.4 is 14.8 Å². The lowest BCUT2D eigenvalue weighted by Gasteiger charge is -2.37. The lowest BCUT2D eigenvalue weighted by molar-refractivity contribution is -0.136. The van der Waals surface area contributed by atoms with Crippen LogP contribution in [0.25, 0.3) is 10.2 Å². The van der Waals surface area contributed by atoms with Gasteiger partial charge >= 0.3 is 0 Å². The molecule has 0 aliphatic carbocycles. The van der Waals surface area contributed by atoms with Crippen LogP contribution in [0.15, 0.2) is 53.1 Å². The minimum absolute atomic E-state index is 0.00791. The Morgan fingerprint density at radius 2 is 1.95 bits per heavy atom. The fourth-order valence-corrected chi connectivity index (χ4v) is 6.04. The first-order valence-electron chi connectivity index (χ1n) is 12.1. The second kappa shape index (κ2) is 10.6. The van der Waals surface area contributed by atoms with E-state index >= 15 is 0 Å². The number of amides is 1. The Hall–Kier alpha value is -3.62. The molecular formula is C24H28N8O4S2. The van der Waals surface area contributed by atoms with Crippen LogP contribution in [-0.2, 0) is 21.4 Å². The van der Waals surface area contributed by atoms with Gasteiger partial charge in [-0.25, -0.2) is 28.2 Å². The number of primary sulfonamides is 1. The third-order valence-electron chi connectivity index (χ3n) is 6.26. The van der Waals surface area contributed by atoms with Crippen molar-refractivity contribution in [2.75, 3.05) is 31.1 Å². The second-order valence-corrected chi connectivity index (χ2v) is 12.1. The maximum Gasteiger partial charge on any atom is 0.265 e. The molecule has 2 N–H and O–H groups in total. The average Bonchev–Trinajstić information content (AvgIpc) is 3.55. The van der Waals surface area contributed by atoms with Crippen molar-refractivity contribution in [2.45, 2.75) is 30.8 Å². The molecule has 5 rings (SSSR count). The third-order valence-corrected chi connectivity index (χ3v) is 8.60. The number of hydrogen-bond donors (Lipinski definition) is 1. The van der Waals surface area contributed by atoms with Gasteiger partial charge in [0.25, 0.3) is 10.0 Å². The van der Waals surface area contributed by atoms with Crippen LogP contribution >= 0.6 is 11.3 Å². The number of carbonyl (C=O) groups is 1. The third kappa shape index (κ3) is 5.61. The molecule has 3 aromatic heterocycles. The number of aromatic nitrogens is 5. The zero-order valence-corrected chi connectivity index (χ0v) is 22.6. The van der Waals surface area contributed by atoms with Gasteiger partial charge in [0.15, 0.2) is 0 Å². The number of carbonyl (C=O) groups excluding carboxylic acids is 1. The number of ether oxygens (including phenoxy) is 1. The van der Waals surface area contributed by atoms with Crippen molar-refractivity contribution in [3.63, 3.8) is 0 Å². The van der Waals surface area contributed by atoms with E-state index in [0.717, 1.165) is 17.2 Å². The van der Waals surface area contributed by atoms with Crippen molar-refractivity contribution in [3.8, 4) is 5.75 Å². The quantitative estimate of drug-likeness (QED) is 0.344. The van der Waals surface area contributed by atoms with Crippen LogP contribution in [0.2, 0.25) is 0 Å². The van der Waals surface area contributed by atoms with Gasteiger partial charge in [0.05, 0.1) is 16.4 Å². The van der Waals surface area contributed by atoms with Crippen LogP contribution in [0, 0.1) is 5.92 Å². The molecule has 1 saturated heterocycles. The lowest BCUT2D eigenvalue weighted by Crippen LogP contribution is -2.51. The van der Waals surface area contributed by atoms with Gasteiger partial charge in [0.1, 0.15) is 29.9 Å². The summed E-state index contributed by atoms with van der Waals surface area (Å²) in [4.78, 5) is 26.0. The number of hydrogen-bond acceptors (Lipinski definition) is 10. The monoisotopic (exact) mass is 556 g/mol. The van der Waals surface area contributed by atoms with Gasteiger partial charge < -0.3 is 14.5 Å². The van der Waals surface area contributed by atoms with Crippen molar-refractivity contribution in [1.29, 1.82) is 0 Å². The van der Waals surface area contributed by atoms with E-state index in [2.05, 4.69) is 25.2 Å². The molecule has 38 heavy (non-hydrogen) atoms. The molecule has 0 bridgehead atoms. The lowest BCUT2D eigenvalue weighted by atomic mass is 10.0. The van der Waals surface area contributed by atoms with E-state index in [-0.39, 0.29) is 22.8 Å². The molecule has 12 nitrogen and oxygen atoms in total. The summed E-state index contributed by atoms with van der Waals surface area (Å²) < 4.78 is 31.1. The minimum atomic E-state index is -3.87. The molecule has 1 fully saturated rings. The maximum absolute atomic E-state index is 13.5. The molecule has 200 valence electrons. The summed E-state index contributed by atoms with van der Waals surface area (Å²) in [5.74, 6) is 1.46. The van der Waals surface area contributed by atoms with Gasteiger partial charge in [-0.2, -0.15) is 0 Å². The molecule has 14 heteroatoms. The van der Waals surface area contributed by atoms with Gasteiger partial charge in [-0.15, -0.1) is 16.4 Å². The summed E-state index contributed by atoms with van der Waals surface area (Å²) in [5.41, 5.74) is 1.09. The fraction of sp³-hybridized carbons (Fsp3) is 0.375. The molecule has 0 unspecified atom stereocenters. The van der Waals surface area contributed by atoms with E-state index in [9.17, 15) is 13.2 Å². The summed E-state index contributed by atoms with van der Waals surface area (Å²) >= 11 is 0.982. The Morgan fingerprint density at radius 1 is 1.16 bits per heavy atom. The summed E-state index contributed by atoms with van der Waals surface area (Å²) in [5, 5.41) is 13.6. The van der Waals surface area contributed by atoms with Crippen LogP contribution in [0.5, 0.6) is 5.75 Å². The number of thiazole rings is 1. The molecular weight excluding hydrogens is 528 g/mol. The number of rotatable bonds is 8. The Labute approximate surface area is 224 Å². The number of nitrogens with two attached hydrogens (primary N) is 1. The van der Waals surface area contributed by atoms with E-state index in [4.69, 9.17) is 9.88 Å². The van der Waals surface area contributed by atoms with Gasteiger partial charge in [0.2, 0.25) is 10.2 Å². The Balaban J connectivity index is 1.23. The Kier molecular flexibility index (Phi) is 7.27. The molecule has 4 aromatic rings. The van der Waals surface area contributed by atoms with Gasteiger partial charge in [-0.1, -0.05) is 25.1 Å². The molecule has 0 radical (unpaired) electrons. The van der Waals surface area contributed by atoms with Crippen molar-refractivity contribution in [2.24, 2.45) is 11.1 Å². The van der Waals surface area contributed by atoms with Gasteiger partial charge in [-0.05, 0) is 36.2 Å². The molecule has 1 amide bonds. The number of fused-ring (bicyclic) bond motifs is 1. The summed E-state index contributed by atoms with van der Waals surface area (Å²) in [6, 6.07) is 10.4. The number of pyridine rings is 1. The van der Waals surface area contributed by atoms with Crippen LogP contribution in [0.3, 0.4) is 0 Å². The summed E-state index contributed by atoms with van der Waals surface area (Å²) in [6.45, 7) is 6.76. The zero-order chi connectivity index (χ0) is 26.9. The normalized spacial score (nSPS) is 15.3. The second-order valence-electron chi connectivity index (χ2n) is 9.32. The number of piperazine rings is 1. The van der Waals surface area contributed by atoms with Crippen LogP contribution in [0.1, 0.15) is 25.6 Å². The highest BCUT2D eigenvalue weighted by atomic mass is 32.2. The van der Waals surface area contributed by atoms with E-state index in [0.29, 0.717) is 47.8 Å². The average molecular weight is 557 g/mol. The highest BCUT2D eigenvalue weighted by molar-refractivity contribution is 7.91. The predicted molar refractivity (Wildman–Crippen MR) is 142 cm³/mol. The summed E-state index contributed by atoms with van der Waals surface area (Å²) in [7, 11) is -3.87. The first-order valence-corrected chi connectivity index (χ1v) is 14.5. The van der Waals surface area contributed by atoms with Crippen molar-refractivity contribution in [3.05, 3.63) is 54.5 Å². The van der Waals surface area contributed by atoms with E-state index < -0.39 is 16.1 Å². The molecule has 4 heterocycles. The summed E-state index contributed by atoms with van der Waals surface area (Å²) in [6.07, 6.45) is 3.51. The molecule has 0 saturated carbocycles. The van der Waals surface area contributed by atoms with Crippen LogP contribution in [-0.4, -0.2) is 70.4 Å². The van der Waals surface area contributed by atoms with E-state index in [1.54, 1.807) is 35.3 Å². The Bertz CT molecular complexity index is 1530. The predicted octanol–water partition coefficient (Wildman–Crippen LogP) is 2.06. The van der Waals surface area contributed by atoms with Crippen molar-refractivity contribution >= 4 is 43.3 Å². The molecule has 1 aliphatic heterocycles. The smallest absolute Gasteiger partial charge is 0.265 e. The van der Waals surface area contributed by atoms with Gasteiger partial charge in [0, 0.05) is 32.4 Å². The molecule has 1 atom stereocenters. The first kappa shape index (κ1) is 26.0. The highest BCUT2D eigenvalue weighted by Gasteiger charge is 2.32. The number of sulfonamides is 1. The first-order chi connectivity index (χ1) is 18.2. The molecule has 1 aliphatic rings. The topological polar surface area (TPSA) is 149 Å². The van der Waals surface area contributed by atoms with Crippen molar-refractivity contribution in [1.82, 2.24) is 29.9 Å². The largest absolute Gasteiger partial charge is 0.487 e. The molecule has 0 spiro atoms. The Morgan fingerprint density at radius 3 is 2.63 bits per heavy atom. The highest BCUT2D eigenvalue weighted by Crippen LogP contribution is 2.29. The number of anilines is 1. The SMILES string of the molecule is CC(C)[C@@H](C(=O)N1CCN(c2ccccn2)CC1)n1cc(COc2ccc3nc(S(N)(=O)=O)sc3c2)nn1. The number of nitrogens with zero attached hydrogens (tertiary/aromatic N) is 7. The van der Waals surface area contributed by atoms with Crippen LogP contribution in [0.4, 0.5) is 5.82 Å². The molecule has 1 aromatic carbocycles. The van der Waals surface area contributed by atoms with Gasteiger partial charge in [-0.3, -0.25) is 4.79 Å². The maximum atomic E-state index is 13.5. The number of benzene rings is 1.